The van der Waals surface area contributed by atoms with Gasteiger partial charge in [0.05, 0.1) is 30.5 Å². The number of amides is 1. The van der Waals surface area contributed by atoms with Crippen molar-refractivity contribution in [2.45, 2.75) is 19.1 Å². The van der Waals surface area contributed by atoms with Crippen LogP contribution in [0.2, 0.25) is 0 Å². The van der Waals surface area contributed by atoms with E-state index in [2.05, 4.69) is 10.00 Å². The predicted molar refractivity (Wildman–Crippen MR) is 106 cm³/mol. The minimum atomic E-state index is -0.205. The molecule has 2 aromatic heterocycles. The van der Waals surface area contributed by atoms with Crippen molar-refractivity contribution in [3.63, 3.8) is 0 Å². The molecule has 0 bridgehead atoms. The van der Waals surface area contributed by atoms with Gasteiger partial charge in [0.15, 0.2) is 0 Å². The fourth-order valence-electron chi connectivity index (χ4n) is 3.98. The van der Waals surface area contributed by atoms with Gasteiger partial charge >= 0.3 is 0 Å². The van der Waals surface area contributed by atoms with Gasteiger partial charge in [0.25, 0.3) is 5.91 Å². The minimum Gasteiger partial charge on any atom is -0.461 e. The predicted octanol–water partition coefficient (Wildman–Crippen LogP) is 2.62. The standard InChI is InChI=1S/C21H26N4O3/c1-14-10-15-6-5-7-17(20(15)28-14)21(26)25-8-9-27-18(13-23(2)3)19(25)16-11-22-24(4)12-16/h5-7,10-12,18-19H,8-9,13H2,1-4H3/t18-,19-/m0/s1. The number of fused-ring (bicyclic) bond motifs is 1. The maximum Gasteiger partial charge on any atom is 0.258 e. The second-order valence-electron chi connectivity index (χ2n) is 7.64. The average Bonchev–Trinajstić information content (AvgIpc) is 3.24. The van der Waals surface area contributed by atoms with Crippen LogP contribution < -0.4 is 0 Å². The molecule has 3 aromatic rings. The molecule has 148 valence electrons. The van der Waals surface area contributed by atoms with Crippen LogP contribution in [0.3, 0.4) is 0 Å². The molecule has 2 atom stereocenters. The van der Waals surface area contributed by atoms with Crippen molar-refractivity contribution < 1.29 is 13.9 Å². The second-order valence-corrected chi connectivity index (χ2v) is 7.64. The van der Waals surface area contributed by atoms with E-state index in [1.54, 1.807) is 4.68 Å². The molecule has 1 amide bonds. The smallest absolute Gasteiger partial charge is 0.258 e. The van der Waals surface area contributed by atoms with Crippen molar-refractivity contribution >= 4 is 16.9 Å². The summed E-state index contributed by atoms with van der Waals surface area (Å²) in [6, 6.07) is 7.46. The van der Waals surface area contributed by atoms with Gasteiger partial charge in [0.1, 0.15) is 11.3 Å². The Balaban J connectivity index is 1.75. The summed E-state index contributed by atoms with van der Waals surface area (Å²) in [5.74, 6) is 0.757. The number of morpholine rings is 1. The highest BCUT2D eigenvalue weighted by atomic mass is 16.5. The molecular weight excluding hydrogens is 356 g/mol. The van der Waals surface area contributed by atoms with Gasteiger partial charge in [-0.25, -0.2) is 0 Å². The number of hydrogen-bond donors (Lipinski definition) is 0. The molecule has 7 heteroatoms. The molecule has 7 nitrogen and oxygen atoms in total. The first-order valence-corrected chi connectivity index (χ1v) is 9.49. The maximum atomic E-state index is 13.6. The molecule has 1 saturated heterocycles. The van der Waals surface area contributed by atoms with E-state index >= 15 is 0 Å². The Kier molecular flexibility index (Phi) is 4.95. The second kappa shape index (κ2) is 7.41. The first-order valence-electron chi connectivity index (χ1n) is 9.49. The van der Waals surface area contributed by atoms with Crippen LogP contribution in [0.1, 0.15) is 27.7 Å². The van der Waals surface area contributed by atoms with Crippen molar-refractivity contribution in [1.29, 1.82) is 0 Å². The highest BCUT2D eigenvalue weighted by molar-refractivity contribution is 6.05. The lowest BCUT2D eigenvalue weighted by Gasteiger charge is -2.41. The quantitative estimate of drug-likeness (QED) is 0.694. The lowest BCUT2D eigenvalue weighted by atomic mass is 9.99. The van der Waals surface area contributed by atoms with E-state index in [1.165, 1.54) is 0 Å². The summed E-state index contributed by atoms with van der Waals surface area (Å²) < 4.78 is 13.7. The molecule has 1 aromatic carbocycles. The van der Waals surface area contributed by atoms with E-state index in [9.17, 15) is 4.79 Å². The van der Waals surface area contributed by atoms with Crippen molar-refractivity contribution in [3.8, 4) is 0 Å². The molecule has 0 unspecified atom stereocenters. The zero-order chi connectivity index (χ0) is 19.8. The number of aryl methyl sites for hydroxylation is 2. The van der Waals surface area contributed by atoms with E-state index in [0.717, 1.165) is 16.7 Å². The molecule has 0 radical (unpaired) electrons. The number of nitrogens with zero attached hydrogens (tertiary/aromatic N) is 4. The van der Waals surface area contributed by atoms with E-state index in [1.807, 2.05) is 69.6 Å². The fraction of sp³-hybridized carbons (Fsp3) is 0.429. The summed E-state index contributed by atoms with van der Waals surface area (Å²) in [4.78, 5) is 17.6. The molecule has 4 rings (SSSR count). The fourth-order valence-corrected chi connectivity index (χ4v) is 3.98. The Hall–Kier alpha value is -2.64. The Labute approximate surface area is 164 Å². The minimum absolute atomic E-state index is 0.0409. The largest absolute Gasteiger partial charge is 0.461 e. The topological polar surface area (TPSA) is 63.7 Å². The van der Waals surface area contributed by atoms with Gasteiger partial charge in [-0.1, -0.05) is 12.1 Å². The van der Waals surface area contributed by atoms with E-state index < -0.39 is 0 Å². The number of ether oxygens (including phenoxy) is 1. The Morgan fingerprint density at radius 1 is 1.36 bits per heavy atom. The molecule has 1 fully saturated rings. The Bertz CT molecular complexity index is 991. The summed E-state index contributed by atoms with van der Waals surface area (Å²) in [7, 11) is 5.90. The monoisotopic (exact) mass is 382 g/mol. The lowest BCUT2D eigenvalue weighted by molar-refractivity contribution is -0.0684. The van der Waals surface area contributed by atoms with Gasteiger partial charge in [-0.3, -0.25) is 9.48 Å². The zero-order valence-corrected chi connectivity index (χ0v) is 16.8. The first kappa shape index (κ1) is 18.7. The summed E-state index contributed by atoms with van der Waals surface area (Å²) in [6.07, 6.45) is 3.65. The first-order chi connectivity index (χ1) is 13.4. The van der Waals surface area contributed by atoms with Gasteiger partial charge in [-0.15, -0.1) is 0 Å². The zero-order valence-electron chi connectivity index (χ0n) is 16.8. The molecule has 3 heterocycles. The third-order valence-corrected chi connectivity index (χ3v) is 5.12. The number of hydrogen-bond acceptors (Lipinski definition) is 5. The molecule has 0 N–H and O–H groups in total. The van der Waals surface area contributed by atoms with Gasteiger partial charge < -0.3 is 19.0 Å². The van der Waals surface area contributed by atoms with Crippen molar-refractivity contribution in [2.75, 3.05) is 33.8 Å². The number of para-hydroxylation sites is 1. The third-order valence-electron chi connectivity index (χ3n) is 5.12. The van der Waals surface area contributed by atoms with Crippen LogP contribution in [-0.4, -0.2) is 65.4 Å². The van der Waals surface area contributed by atoms with Crippen LogP contribution in [0, 0.1) is 6.92 Å². The molecule has 28 heavy (non-hydrogen) atoms. The SMILES string of the molecule is Cc1cc2cccc(C(=O)N3CCO[C@@H](CN(C)C)[C@@H]3c3cnn(C)c3)c2o1. The molecule has 0 spiro atoms. The van der Waals surface area contributed by atoms with Crippen LogP contribution in [0.25, 0.3) is 11.0 Å². The summed E-state index contributed by atoms with van der Waals surface area (Å²) in [6.45, 7) is 3.65. The van der Waals surface area contributed by atoms with Crippen molar-refractivity contribution in [1.82, 2.24) is 19.6 Å². The van der Waals surface area contributed by atoms with Gasteiger partial charge in [0.2, 0.25) is 0 Å². The number of carbonyl (C=O) groups excluding carboxylic acids is 1. The number of aromatic nitrogens is 2. The molecule has 0 saturated carbocycles. The molecule has 0 aliphatic carbocycles. The summed E-state index contributed by atoms with van der Waals surface area (Å²) in [5, 5.41) is 5.26. The van der Waals surface area contributed by atoms with Gasteiger partial charge in [0, 0.05) is 37.3 Å². The number of carbonyl (C=O) groups is 1. The Morgan fingerprint density at radius 3 is 2.89 bits per heavy atom. The number of rotatable bonds is 4. The van der Waals surface area contributed by atoms with E-state index in [4.69, 9.17) is 9.15 Å². The summed E-state index contributed by atoms with van der Waals surface area (Å²) >= 11 is 0. The molecular formula is C21H26N4O3. The van der Waals surface area contributed by atoms with Crippen LogP contribution in [0.15, 0.2) is 41.1 Å². The maximum absolute atomic E-state index is 13.6. The van der Waals surface area contributed by atoms with Crippen LogP contribution in [0.4, 0.5) is 0 Å². The van der Waals surface area contributed by atoms with Crippen LogP contribution >= 0.6 is 0 Å². The normalized spacial score (nSPS) is 20.2. The lowest BCUT2D eigenvalue weighted by Crippen LogP contribution is -2.51. The average molecular weight is 382 g/mol. The van der Waals surface area contributed by atoms with E-state index in [0.29, 0.717) is 30.8 Å². The van der Waals surface area contributed by atoms with Gasteiger partial charge in [-0.2, -0.15) is 5.10 Å². The number of furan rings is 1. The van der Waals surface area contributed by atoms with Crippen LogP contribution in [-0.2, 0) is 11.8 Å². The van der Waals surface area contributed by atoms with Gasteiger partial charge in [-0.05, 0) is 33.2 Å². The van der Waals surface area contributed by atoms with Crippen LogP contribution in [0.5, 0.6) is 0 Å². The Morgan fingerprint density at radius 2 is 2.18 bits per heavy atom. The van der Waals surface area contributed by atoms with Crippen molar-refractivity contribution in [2.24, 2.45) is 7.05 Å². The highest BCUT2D eigenvalue weighted by Gasteiger charge is 2.38. The highest BCUT2D eigenvalue weighted by Crippen LogP contribution is 2.33. The number of benzene rings is 1. The molecule has 1 aliphatic rings. The number of likely N-dealkylation sites (N-methyl/N-ethyl adjacent to an activating group) is 1. The van der Waals surface area contributed by atoms with E-state index in [-0.39, 0.29) is 18.1 Å². The summed E-state index contributed by atoms with van der Waals surface area (Å²) in [5.41, 5.74) is 2.21. The van der Waals surface area contributed by atoms with Crippen molar-refractivity contribution in [3.05, 3.63) is 53.5 Å². The third kappa shape index (κ3) is 3.43. The molecule has 1 aliphatic heterocycles.